The van der Waals surface area contributed by atoms with E-state index in [-0.39, 0.29) is 6.04 Å². The molecule has 0 amide bonds. The van der Waals surface area contributed by atoms with E-state index in [1.807, 2.05) is 6.92 Å². The van der Waals surface area contributed by atoms with Gasteiger partial charge in [-0.25, -0.2) is 0 Å². The van der Waals surface area contributed by atoms with Crippen LogP contribution in [0.5, 0.6) is 0 Å². The lowest BCUT2D eigenvalue weighted by Gasteiger charge is -2.22. The molecule has 0 fully saturated rings. The highest BCUT2D eigenvalue weighted by molar-refractivity contribution is 4.86. The molecule has 0 saturated carbocycles. The highest BCUT2D eigenvalue weighted by atomic mass is 16.2. The molecule has 1 aromatic rings. The van der Waals surface area contributed by atoms with Gasteiger partial charge in [-0.1, -0.05) is 20.8 Å². The summed E-state index contributed by atoms with van der Waals surface area (Å²) < 4.78 is 2.78. The summed E-state index contributed by atoms with van der Waals surface area (Å²) in [4.78, 5) is 23.3. The van der Waals surface area contributed by atoms with Crippen molar-refractivity contribution in [2.75, 3.05) is 6.54 Å². The van der Waals surface area contributed by atoms with Gasteiger partial charge in [-0.05, 0) is 12.5 Å². The van der Waals surface area contributed by atoms with E-state index >= 15 is 0 Å². The summed E-state index contributed by atoms with van der Waals surface area (Å²) in [5.41, 5.74) is -0.940. The van der Waals surface area contributed by atoms with Crippen molar-refractivity contribution in [3.05, 3.63) is 33.1 Å². The van der Waals surface area contributed by atoms with E-state index in [1.54, 1.807) is 19.4 Å². The van der Waals surface area contributed by atoms with Gasteiger partial charge in [0, 0.05) is 32.0 Å². The van der Waals surface area contributed by atoms with Gasteiger partial charge in [0.1, 0.15) is 0 Å². The lowest BCUT2D eigenvalue weighted by atomic mass is 10.0. The molecule has 1 atom stereocenters. The average molecular weight is 239 g/mol. The minimum atomic E-state index is -0.480. The summed E-state index contributed by atoms with van der Waals surface area (Å²) in [7, 11) is 1.58. The van der Waals surface area contributed by atoms with Crippen molar-refractivity contribution in [1.82, 2.24) is 14.5 Å². The van der Waals surface area contributed by atoms with Gasteiger partial charge in [-0.15, -0.1) is 0 Å². The Morgan fingerprint density at radius 3 is 2.41 bits per heavy atom. The zero-order valence-electron chi connectivity index (χ0n) is 10.9. The van der Waals surface area contributed by atoms with Crippen LogP contribution >= 0.6 is 0 Å². The van der Waals surface area contributed by atoms with Crippen molar-refractivity contribution in [3.63, 3.8) is 0 Å². The maximum absolute atomic E-state index is 11.8. The van der Waals surface area contributed by atoms with Crippen LogP contribution in [0.25, 0.3) is 0 Å². The number of aryl methyl sites for hydroxylation is 1. The van der Waals surface area contributed by atoms with Crippen molar-refractivity contribution >= 4 is 0 Å². The molecular weight excluding hydrogens is 218 g/mol. The Morgan fingerprint density at radius 1 is 1.24 bits per heavy atom. The summed E-state index contributed by atoms with van der Waals surface area (Å²) in [5.74, 6) is 0.408. The molecule has 1 N–H and O–H groups in total. The number of rotatable bonds is 5. The van der Waals surface area contributed by atoms with E-state index < -0.39 is 11.1 Å². The fourth-order valence-electron chi connectivity index (χ4n) is 1.72. The average Bonchev–Trinajstić information content (AvgIpc) is 2.28. The molecule has 1 heterocycles. The van der Waals surface area contributed by atoms with Crippen molar-refractivity contribution < 1.29 is 0 Å². The van der Waals surface area contributed by atoms with Crippen molar-refractivity contribution in [2.45, 2.75) is 33.4 Å². The van der Waals surface area contributed by atoms with Crippen LogP contribution in [0.4, 0.5) is 0 Å². The molecule has 0 aromatic carbocycles. The van der Waals surface area contributed by atoms with Gasteiger partial charge in [0.15, 0.2) is 0 Å². The predicted molar refractivity (Wildman–Crippen MR) is 68.2 cm³/mol. The van der Waals surface area contributed by atoms with Gasteiger partial charge in [-0.2, -0.15) is 0 Å². The summed E-state index contributed by atoms with van der Waals surface area (Å²) in [5, 5.41) is 3.32. The number of hydrogen-bond donors (Lipinski definition) is 1. The highest BCUT2D eigenvalue weighted by Gasteiger charge is 2.14. The van der Waals surface area contributed by atoms with Crippen LogP contribution in [0.15, 0.2) is 22.0 Å². The van der Waals surface area contributed by atoms with E-state index in [4.69, 9.17) is 0 Å². The quantitative estimate of drug-likeness (QED) is 0.746. The maximum atomic E-state index is 11.8. The van der Waals surface area contributed by atoms with Crippen LogP contribution < -0.4 is 16.4 Å². The predicted octanol–water partition coefficient (Wildman–Crippen LogP) is 0.181. The Balaban J connectivity index is 2.98. The van der Waals surface area contributed by atoms with Crippen molar-refractivity contribution in [2.24, 2.45) is 13.0 Å². The monoisotopic (exact) mass is 239 g/mol. The number of nitrogens with one attached hydrogen (secondary N) is 1. The first-order valence-corrected chi connectivity index (χ1v) is 5.96. The van der Waals surface area contributed by atoms with E-state index in [0.717, 1.165) is 6.54 Å². The summed E-state index contributed by atoms with van der Waals surface area (Å²) in [6, 6.07) is 0.199. The lowest BCUT2D eigenvalue weighted by Crippen LogP contribution is -2.45. The van der Waals surface area contributed by atoms with E-state index in [9.17, 15) is 9.59 Å². The van der Waals surface area contributed by atoms with Crippen LogP contribution in [-0.2, 0) is 13.6 Å². The van der Waals surface area contributed by atoms with Crippen LogP contribution in [0.2, 0.25) is 0 Å². The SMILES string of the molecule is CCNC(Cn1ccn(C)c(=O)c1=O)C(C)C. The van der Waals surface area contributed by atoms with E-state index in [1.165, 1.54) is 9.13 Å². The molecule has 0 aliphatic rings. The molecule has 1 aromatic heterocycles. The molecule has 1 rings (SSSR count). The minimum absolute atomic E-state index is 0.199. The third-order valence-corrected chi connectivity index (χ3v) is 2.90. The molecule has 96 valence electrons. The second kappa shape index (κ2) is 5.82. The van der Waals surface area contributed by atoms with Gasteiger partial charge in [0.2, 0.25) is 0 Å². The molecule has 0 spiro atoms. The Hall–Kier alpha value is -1.36. The first-order chi connectivity index (χ1) is 7.97. The number of hydrogen-bond acceptors (Lipinski definition) is 3. The molecule has 17 heavy (non-hydrogen) atoms. The molecular formula is C12H21N3O2. The molecule has 0 aliphatic heterocycles. The van der Waals surface area contributed by atoms with Gasteiger partial charge in [-0.3, -0.25) is 9.59 Å². The smallest absolute Gasteiger partial charge is 0.312 e. The van der Waals surface area contributed by atoms with Crippen LogP contribution in [-0.4, -0.2) is 21.7 Å². The summed E-state index contributed by atoms with van der Waals surface area (Å²) in [6.45, 7) is 7.60. The molecule has 0 saturated heterocycles. The van der Waals surface area contributed by atoms with Gasteiger partial charge >= 0.3 is 11.1 Å². The molecule has 5 heteroatoms. The third kappa shape index (κ3) is 3.30. The van der Waals surface area contributed by atoms with Gasteiger partial charge in [0.05, 0.1) is 0 Å². The number of aromatic nitrogens is 2. The Morgan fingerprint density at radius 2 is 1.88 bits per heavy atom. The summed E-state index contributed by atoms with van der Waals surface area (Å²) in [6.07, 6.45) is 3.28. The zero-order chi connectivity index (χ0) is 13.0. The normalized spacial score (nSPS) is 13.0. The Bertz CT molecular complexity index is 473. The van der Waals surface area contributed by atoms with E-state index in [0.29, 0.717) is 12.5 Å². The maximum Gasteiger partial charge on any atom is 0.316 e. The second-order valence-corrected chi connectivity index (χ2v) is 4.58. The van der Waals surface area contributed by atoms with Gasteiger partial charge < -0.3 is 14.5 Å². The highest BCUT2D eigenvalue weighted by Crippen LogP contribution is 2.03. The minimum Gasteiger partial charge on any atom is -0.312 e. The number of likely N-dealkylation sites (N-methyl/N-ethyl adjacent to an activating group) is 1. The van der Waals surface area contributed by atoms with Crippen LogP contribution in [0.1, 0.15) is 20.8 Å². The fraction of sp³-hybridized carbons (Fsp3) is 0.667. The largest absolute Gasteiger partial charge is 0.316 e. The molecule has 0 bridgehead atoms. The summed E-state index contributed by atoms with van der Waals surface area (Å²) >= 11 is 0. The van der Waals surface area contributed by atoms with Crippen LogP contribution in [0, 0.1) is 5.92 Å². The first-order valence-electron chi connectivity index (χ1n) is 5.96. The third-order valence-electron chi connectivity index (χ3n) is 2.90. The molecule has 0 aliphatic carbocycles. The van der Waals surface area contributed by atoms with E-state index in [2.05, 4.69) is 19.2 Å². The topological polar surface area (TPSA) is 56.0 Å². The number of nitrogens with zero attached hydrogens (tertiary/aromatic N) is 2. The van der Waals surface area contributed by atoms with Gasteiger partial charge in [0.25, 0.3) is 0 Å². The van der Waals surface area contributed by atoms with Crippen molar-refractivity contribution in [3.8, 4) is 0 Å². The Labute approximate surface area is 101 Å². The first kappa shape index (κ1) is 13.7. The molecule has 0 radical (unpaired) electrons. The van der Waals surface area contributed by atoms with Crippen LogP contribution in [0.3, 0.4) is 0 Å². The fourth-order valence-corrected chi connectivity index (χ4v) is 1.72. The second-order valence-electron chi connectivity index (χ2n) is 4.58. The molecule has 1 unspecified atom stereocenters. The van der Waals surface area contributed by atoms with Crippen molar-refractivity contribution in [1.29, 1.82) is 0 Å². The zero-order valence-corrected chi connectivity index (χ0v) is 10.9. The Kier molecular flexibility index (Phi) is 4.69. The molecule has 5 nitrogen and oxygen atoms in total. The standard InChI is InChI=1S/C12H21N3O2/c1-5-13-10(9(2)3)8-15-7-6-14(4)11(16)12(15)17/h6-7,9-10,13H,5,8H2,1-4H3. The lowest BCUT2D eigenvalue weighted by molar-refractivity contribution is 0.356.